The van der Waals surface area contributed by atoms with Crippen molar-refractivity contribution >= 4 is 21.9 Å². The van der Waals surface area contributed by atoms with Crippen LogP contribution in [0.3, 0.4) is 0 Å². The Balaban J connectivity index is 1.57. The fourth-order valence-corrected chi connectivity index (χ4v) is 3.42. The standard InChI is InChI=1S/C19H17BrF3NO3/c1-2-26-18(25)14-8-13(14)17-6-4-12(9-24-17)27-10-11-3-5-15(16(20)7-11)19(21,22)23/h3-7,9,13-14H,2,8,10H2,1H3/t13?,14-/m0/s1. The molecule has 4 nitrogen and oxygen atoms in total. The van der Waals surface area contributed by atoms with Crippen molar-refractivity contribution in [3.8, 4) is 5.75 Å². The molecule has 1 aromatic heterocycles. The third-order valence-corrected chi connectivity index (χ3v) is 4.92. The van der Waals surface area contributed by atoms with Gasteiger partial charge in [0, 0.05) is 16.1 Å². The fraction of sp³-hybridized carbons (Fsp3) is 0.368. The Hall–Kier alpha value is -2.09. The second-order valence-electron chi connectivity index (χ2n) is 6.22. The Labute approximate surface area is 162 Å². The highest BCUT2D eigenvalue weighted by atomic mass is 79.9. The molecule has 1 heterocycles. The number of esters is 1. The van der Waals surface area contributed by atoms with Crippen LogP contribution in [0.4, 0.5) is 13.2 Å². The molecular weight excluding hydrogens is 427 g/mol. The van der Waals surface area contributed by atoms with E-state index in [4.69, 9.17) is 9.47 Å². The van der Waals surface area contributed by atoms with Crippen LogP contribution in [0.1, 0.15) is 36.1 Å². The lowest BCUT2D eigenvalue weighted by Crippen LogP contribution is -2.07. The second-order valence-corrected chi connectivity index (χ2v) is 7.07. The van der Waals surface area contributed by atoms with Gasteiger partial charge in [0.15, 0.2) is 0 Å². The van der Waals surface area contributed by atoms with Crippen molar-refractivity contribution in [2.75, 3.05) is 6.61 Å². The molecule has 1 aromatic carbocycles. The molecule has 144 valence electrons. The molecule has 3 rings (SSSR count). The summed E-state index contributed by atoms with van der Waals surface area (Å²) in [5.41, 5.74) is 0.680. The molecule has 27 heavy (non-hydrogen) atoms. The minimum Gasteiger partial charge on any atom is -0.487 e. The van der Waals surface area contributed by atoms with Gasteiger partial charge in [-0.1, -0.05) is 22.0 Å². The topological polar surface area (TPSA) is 48.4 Å². The highest BCUT2D eigenvalue weighted by Gasteiger charge is 2.46. The zero-order valence-electron chi connectivity index (χ0n) is 14.4. The molecule has 0 aliphatic heterocycles. The Bertz CT molecular complexity index is 824. The van der Waals surface area contributed by atoms with Crippen molar-refractivity contribution < 1.29 is 27.4 Å². The van der Waals surface area contributed by atoms with E-state index in [0.717, 1.165) is 18.2 Å². The van der Waals surface area contributed by atoms with Crippen LogP contribution in [0, 0.1) is 5.92 Å². The van der Waals surface area contributed by atoms with Crippen molar-refractivity contribution in [3.05, 3.63) is 57.8 Å². The van der Waals surface area contributed by atoms with Crippen molar-refractivity contribution in [2.24, 2.45) is 5.92 Å². The number of alkyl halides is 3. The monoisotopic (exact) mass is 443 g/mol. The van der Waals surface area contributed by atoms with E-state index < -0.39 is 11.7 Å². The van der Waals surface area contributed by atoms with Gasteiger partial charge in [-0.05, 0) is 43.2 Å². The molecule has 1 saturated carbocycles. The van der Waals surface area contributed by atoms with E-state index in [0.29, 0.717) is 17.9 Å². The lowest BCUT2D eigenvalue weighted by atomic mass is 10.1. The van der Waals surface area contributed by atoms with E-state index >= 15 is 0 Å². The van der Waals surface area contributed by atoms with Gasteiger partial charge >= 0.3 is 12.1 Å². The smallest absolute Gasteiger partial charge is 0.417 e. The van der Waals surface area contributed by atoms with E-state index in [2.05, 4.69) is 20.9 Å². The molecule has 1 aliphatic rings. The Morgan fingerprint density at radius 3 is 2.67 bits per heavy atom. The number of pyridine rings is 1. The molecule has 1 fully saturated rings. The zero-order valence-corrected chi connectivity index (χ0v) is 16.0. The minimum atomic E-state index is -4.40. The van der Waals surface area contributed by atoms with Crippen LogP contribution in [0.5, 0.6) is 5.75 Å². The molecule has 1 unspecified atom stereocenters. The minimum absolute atomic E-state index is 0.0247. The third-order valence-electron chi connectivity index (χ3n) is 4.26. The maximum absolute atomic E-state index is 12.8. The van der Waals surface area contributed by atoms with Crippen molar-refractivity contribution in [1.29, 1.82) is 0 Å². The van der Waals surface area contributed by atoms with E-state index in [1.165, 1.54) is 12.1 Å². The molecule has 0 N–H and O–H groups in total. The van der Waals surface area contributed by atoms with Gasteiger partial charge in [-0.15, -0.1) is 0 Å². The molecule has 0 spiro atoms. The summed E-state index contributed by atoms with van der Waals surface area (Å²) in [7, 11) is 0. The van der Waals surface area contributed by atoms with Gasteiger partial charge in [-0.3, -0.25) is 9.78 Å². The predicted octanol–water partition coefficient (Wildman–Crippen LogP) is 5.11. The summed E-state index contributed by atoms with van der Waals surface area (Å²) in [5, 5.41) is 0. The van der Waals surface area contributed by atoms with Crippen LogP contribution in [-0.2, 0) is 22.3 Å². The quantitative estimate of drug-likeness (QED) is 0.582. The normalized spacial score (nSPS) is 18.9. The van der Waals surface area contributed by atoms with E-state index in [-0.39, 0.29) is 28.9 Å². The molecule has 8 heteroatoms. The molecule has 0 saturated heterocycles. The van der Waals surface area contributed by atoms with Crippen LogP contribution in [0.15, 0.2) is 41.0 Å². The lowest BCUT2D eigenvalue weighted by molar-refractivity contribution is -0.144. The third kappa shape index (κ3) is 4.80. The Morgan fingerprint density at radius 2 is 2.07 bits per heavy atom. The number of ether oxygens (including phenoxy) is 2. The maximum Gasteiger partial charge on any atom is 0.417 e. The predicted molar refractivity (Wildman–Crippen MR) is 95.2 cm³/mol. The summed E-state index contributed by atoms with van der Waals surface area (Å²) in [5.74, 6) is 0.248. The summed E-state index contributed by atoms with van der Waals surface area (Å²) in [6, 6.07) is 7.32. The van der Waals surface area contributed by atoms with Crippen molar-refractivity contribution in [2.45, 2.75) is 32.0 Å². The van der Waals surface area contributed by atoms with Gasteiger partial charge in [0.1, 0.15) is 12.4 Å². The molecule has 0 radical (unpaired) electrons. The maximum atomic E-state index is 12.8. The van der Waals surface area contributed by atoms with Crippen LogP contribution >= 0.6 is 15.9 Å². The second kappa shape index (κ2) is 7.88. The molecule has 0 bridgehead atoms. The van der Waals surface area contributed by atoms with Crippen LogP contribution in [-0.4, -0.2) is 17.6 Å². The number of rotatable bonds is 6. The molecule has 0 amide bonds. The first kappa shape index (κ1) is 19.7. The molecular formula is C19H17BrF3NO3. The average Bonchev–Trinajstić information content (AvgIpc) is 3.40. The van der Waals surface area contributed by atoms with Gasteiger partial charge in [-0.2, -0.15) is 13.2 Å². The van der Waals surface area contributed by atoms with Crippen molar-refractivity contribution in [3.63, 3.8) is 0 Å². The first-order valence-electron chi connectivity index (χ1n) is 8.40. The number of aromatic nitrogens is 1. The molecule has 2 aromatic rings. The van der Waals surface area contributed by atoms with Crippen molar-refractivity contribution in [1.82, 2.24) is 4.98 Å². The number of halogens is 4. The Morgan fingerprint density at radius 1 is 1.30 bits per heavy atom. The number of carbonyl (C=O) groups excluding carboxylic acids is 1. The first-order chi connectivity index (χ1) is 12.8. The van der Waals surface area contributed by atoms with Gasteiger partial charge in [-0.25, -0.2) is 0 Å². The van der Waals surface area contributed by atoms with Crippen LogP contribution in [0.2, 0.25) is 0 Å². The van der Waals surface area contributed by atoms with E-state index in [9.17, 15) is 18.0 Å². The number of carbonyl (C=O) groups is 1. The van der Waals surface area contributed by atoms with Crippen LogP contribution in [0.25, 0.3) is 0 Å². The number of hydrogen-bond donors (Lipinski definition) is 0. The largest absolute Gasteiger partial charge is 0.487 e. The summed E-state index contributed by atoms with van der Waals surface area (Å²) < 4.78 is 48.8. The molecule has 2 atom stereocenters. The highest BCUT2D eigenvalue weighted by molar-refractivity contribution is 9.10. The number of benzene rings is 1. The van der Waals surface area contributed by atoms with Crippen LogP contribution < -0.4 is 4.74 Å². The lowest BCUT2D eigenvalue weighted by Gasteiger charge is -2.11. The summed E-state index contributed by atoms with van der Waals surface area (Å²) >= 11 is 2.94. The summed E-state index contributed by atoms with van der Waals surface area (Å²) in [6.45, 7) is 2.25. The van der Waals surface area contributed by atoms with E-state index in [1.807, 2.05) is 0 Å². The Kier molecular flexibility index (Phi) is 5.74. The van der Waals surface area contributed by atoms with Gasteiger partial charge in [0.25, 0.3) is 0 Å². The number of hydrogen-bond acceptors (Lipinski definition) is 4. The fourth-order valence-electron chi connectivity index (χ4n) is 2.77. The summed E-state index contributed by atoms with van der Waals surface area (Å²) in [6.07, 6.45) is -2.12. The van der Waals surface area contributed by atoms with Gasteiger partial charge in [0.2, 0.25) is 0 Å². The number of nitrogens with zero attached hydrogens (tertiary/aromatic N) is 1. The zero-order chi connectivity index (χ0) is 19.6. The SMILES string of the molecule is CCOC(=O)[C@H]1CC1c1ccc(OCc2ccc(C(F)(F)F)c(Br)c2)cn1. The summed E-state index contributed by atoms with van der Waals surface area (Å²) in [4.78, 5) is 16.0. The first-order valence-corrected chi connectivity index (χ1v) is 9.20. The van der Waals surface area contributed by atoms with E-state index in [1.54, 1.807) is 25.3 Å². The average molecular weight is 444 g/mol. The molecule has 1 aliphatic carbocycles. The highest BCUT2D eigenvalue weighted by Crippen LogP contribution is 2.47. The van der Waals surface area contributed by atoms with Gasteiger partial charge in [0.05, 0.1) is 24.3 Å². The van der Waals surface area contributed by atoms with Gasteiger partial charge < -0.3 is 9.47 Å².